The third kappa shape index (κ3) is 3.74. The number of carboxylic acids is 1. The molecular weight excluding hydrogens is 260 g/mol. The van der Waals surface area contributed by atoms with Gasteiger partial charge < -0.3 is 10.2 Å². The van der Waals surface area contributed by atoms with E-state index in [1.165, 1.54) is 6.42 Å². The van der Waals surface area contributed by atoms with Crippen molar-refractivity contribution in [2.45, 2.75) is 55.3 Å². The maximum atomic E-state index is 11.1. The first kappa shape index (κ1) is 14.4. The lowest BCUT2D eigenvalue weighted by atomic mass is 10.1. The van der Waals surface area contributed by atoms with Crippen LogP contribution in [0.3, 0.4) is 0 Å². The molecule has 1 fully saturated rings. The number of aryl methyl sites for hydroxylation is 1. The topological polar surface area (TPSA) is 57.5 Å². The summed E-state index contributed by atoms with van der Waals surface area (Å²) in [6, 6.07) is 5.51. The number of hydrogen-bond donors (Lipinski definition) is 2. The summed E-state index contributed by atoms with van der Waals surface area (Å²) in [6.45, 7) is 1.80. The van der Waals surface area contributed by atoms with Crippen LogP contribution in [0.5, 0.6) is 0 Å². The number of carboxylic acid groups (broad SMARTS) is 1. The van der Waals surface area contributed by atoms with Gasteiger partial charge in [-0.15, -0.1) is 11.8 Å². The molecule has 1 aromatic rings. The number of carbonyl (C=O) groups is 1. The van der Waals surface area contributed by atoms with Crippen molar-refractivity contribution in [1.82, 2.24) is 0 Å². The van der Waals surface area contributed by atoms with Crippen molar-refractivity contribution in [3.8, 4) is 0 Å². The van der Waals surface area contributed by atoms with Crippen molar-refractivity contribution in [2.24, 2.45) is 0 Å². The second kappa shape index (κ2) is 6.44. The van der Waals surface area contributed by atoms with Crippen LogP contribution < -0.4 is 0 Å². The summed E-state index contributed by atoms with van der Waals surface area (Å²) in [4.78, 5) is 12.1. The maximum absolute atomic E-state index is 11.1. The highest BCUT2D eigenvalue weighted by molar-refractivity contribution is 8.00. The van der Waals surface area contributed by atoms with Gasteiger partial charge in [0, 0.05) is 10.1 Å². The molecule has 1 aromatic carbocycles. The molecule has 1 aliphatic rings. The van der Waals surface area contributed by atoms with Gasteiger partial charge in [0.15, 0.2) is 0 Å². The van der Waals surface area contributed by atoms with Gasteiger partial charge in [0.05, 0.1) is 11.7 Å². The molecule has 0 amide bonds. The van der Waals surface area contributed by atoms with Crippen molar-refractivity contribution in [3.63, 3.8) is 0 Å². The summed E-state index contributed by atoms with van der Waals surface area (Å²) in [5.74, 6) is -0.888. The van der Waals surface area contributed by atoms with E-state index in [2.05, 4.69) is 0 Å². The molecule has 3 nitrogen and oxygen atoms in total. The number of benzene rings is 1. The molecule has 2 unspecified atom stereocenters. The monoisotopic (exact) mass is 280 g/mol. The third-order valence-electron chi connectivity index (χ3n) is 3.64. The summed E-state index contributed by atoms with van der Waals surface area (Å²) >= 11 is 1.61. The zero-order valence-corrected chi connectivity index (χ0v) is 11.9. The Balaban J connectivity index is 2.13. The van der Waals surface area contributed by atoms with Gasteiger partial charge in [0.2, 0.25) is 0 Å². The smallest absolute Gasteiger partial charge is 0.335 e. The number of aliphatic hydroxyl groups excluding tert-OH is 1. The van der Waals surface area contributed by atoms with E-state index >= 15 is 0 Å². The molecule has 0 aliphatic heterocycles. The minimum absolute atomic E-state index is 0.187. The van der Waals surface area contributed by atoms with E-state index in [4.69, 9.17) is 5.11 Å². The second-order valence-electron chi connectivity index (χ2n) is 5.14. The van der Waals surface area contributed by atoms with E-state index in [0.29, 0.717) is 5.56 Å². The van der Waals surface area contributed by atoms with Crippen molar-refractivity contribution < 1.29 is 15.0 Å². The largest absolute Gasteiger partial charge is 0.478 e. The molecule has 1 saturated carbocycles. The van der Waals surface area contributed by atoms with Gasteiger partial charge in [-0.3, -0.25) is 0 Å². The SMILES string of the molecule is Cc1ccc(SC2CCCCCC2O)cc1C(=O)O. The highest BCUT2D eigenvalue weighted by Crippen LogP contribution is 2.33. The molecule has 2 N–H and O–H groups in total. The quantitative estimate of drug-likeness (QED) is 0.832. The molecule has 1 aliphatic carbocycles. The zero-order valence-electron chi connectivity index (χ0n) is 11.1. The molecule has 0 radical (unpaired) electrons. The Bertz CT molecular complexity index is 459. The van der Waals surface area contributed by atoms with Crippen LogP contribution in [0.1, 0.15) is 48.0 Å². The lowest BCUT2D eigenvalue weighted by Gasteiger charge is -2.20. The van der Waals surface area contributed by atoms with Crippen molar-refractivity contribution >= 4 is 17.7 Å². The Labute approximate surface area is 118 Å². The van der Waals surface area contributed by atoms with Gasteiger partial charge in [0.25, 0.3) is 0 Å². The van der Waals surface area contributed by atoms with E-state index in [9.17, 15) is 9.90 Å². The average Bonchev–Trinajstić information content (AvgIpc) is 2.57. The summed E-state index contributed by atoms with van der Waals surface area (Å²) in [5.41, 5.74) is 1.13. The molecule has 0 aromatic heterocycles. The predicted octanol–water partition coefficient (Wildman–Crippen LogP) is 3.48. The fraction of sp³-hybridized carbons (Fsp3) is 0.533. The Hall–Kier alpha value is -1.00. The average molecular weight is 280 g/mol. The van der Waals surface area contributed by atoms with Crippen LogP contribution in [-0.2, 0) is 0 Å². The summed E-state index contributed by atoms with van der Waals surface area (Å²) in [5, 5.41) is 19.4. The van der Waals surface area contributed by atoms with Gasteiger partial charge in [0.1, 0.15) is 0 Å². The molecule has 0 saturated heterocycles. The lowest BCUT2D eigenvalue weighted by Crippen LogP contribution is -2.21. The molecular formula is C15H20O3S. The first-order valence-corrected chi connectivity index (χ1v) is 7.64. The lowest BCUT2D eigenvalue weighted by molar-refractivity contribution is 0.0696. The Morgan fingerprint density at radius 1 is 1.26 bits per heavy atom. The van der Waals surface area contributed by atoms with Crippen LogP contribution in [0.4, 0.5) is 0 Å². The van der Waals surface area contributed by atoms with Gasteiger partial charge in [-0.25, -0.2) is 4.79 Å². The summed E-state index contributed by atoms with van der Waals surface area (Å²) in [6.07, 6.45) is 5.00. The van der Waals surface area contributed by atoms with Crippen molar-refractivity contribution in [2.75, 3.05) is 0 Å². The van der Waals surface area contributed by atoms with Gasteiger partial charge in [-0.1, -0.05) is 25.3 Å². The first-order chi connectivity index (χ1) is 9.08. The van der Waals surface area contributed by atoms with E-state index in [1.807, 2.05) is 12.1 Å². The molecule has 2 rings (SSSR count). The Morgan fingerprint density at radius 2 is 2.00 bits per heavy atom. The molecule has 19 heavy (non-hydrogen) atoms. The molecule has 0 heterocycles. The minimum Gasteiger partial charge on any atom is -0.478 e. The fourth-order valence-electron chi connectivity index (χ4n) is 2.47. The Kier molecular flexibility index (Phi) is 4.88. The van der Waals surface area contributed by atoms with Crippen LogP contribution in [0.25, 0.3) is 0 Å². The molecule has 4 heteroatoms. The normalized spacial score (nSPS) is 23.9. The van der Waals surface area contributed by atoms with Gasteiger partial charge >= 0.3 is 5.97 Å². The maximum Gasteiger partial charge on any atom is 0.335 e. The number of aliphatic hydroxyl groups is 1. The summed E-state index contributed by atoms with van der Waals surface area (Å²) < 4.78 is 0. The predicted molar refractivity (Wildman–Crippen MR) is 76.9 cm³/mol. The third-order valence-corrected chi connectivity index (χ3v) is 5.02. The van der Waals surface area contributed by atoms with Crippen LogP contribution in [0.2, 0.25) is 0 Å². The first-order valence-electron chi connectivity index (χ1n) is 6.76. The number of aromatic carboxylic acids is 1. The van der Waals surface area contributed by atoms with E-state index < -0.39 is 5.97 Å². The fourth-order valence-corrected chi connectivity index (χ4v) is 3.73. The van der Waals surface area contributed by atoms with Gasteiger partial charge in [-0.2, -0.15) is 0 Å². The number of thioether (sulfide) groups is 1. The molecule has 0 spiro atoms. The van der Waals surface area contributed by atoms with Crippen LogP contribution in [0, 0.1) is 6.92 Å². The van der Waals surface area contributed by atoms with Crippen LogP contribution >= 0.6 is 11.8 Å². The van der Waals surface area contributed by atoms with Crippen molar-refractivity contribution in [1.29, 1.82) is 0 Å². The number of hydrogen-bond acceptors (Lipinski definition) is 3. The van der Waals surface area contributed by atoms with Crippen LogP contribution in [-0.4, -0.2) is 27.5 Å². The molecule has 2 atom stereocenters. The van der Waals surface area contributed by atoms with E-state index in [1.54, 1.807) is 24.8 Å². The van der Waals surface area contributed by atoms with E-state index in [0.717, 1.165) is 36.1 Å². The standard InChI is InChI=1S/C15H20O3S/c1-10-7-8-11(9-12(10)15(17)18)19-14-6-4-2-3-5-13(14)16/h7-9,13-14,16H,2-6H2,1H3,(H,17,18). The number of rotatable bonds is 3. The zero-order chi connectivity index (χ0) is 13.8. The Morgan fingerprint density at radius 3 is 2.74 bits per heavy atom. The van der Waals surface area contributed by atoms with Crippen molar-refractivity contribution in [3.05, 3.63) is 29.3 Å². The second-order valence-corrected chi connectivity index (χ2v) is 6.46. The highest BCUT2D eigenvalue weighted by atomic mass is 32.2. The minimum atomic E-state index is -0.888. The molecule has 104 valence electrons. The van der Waals surface area contributed by atoms with Crippen LogP contribution in [0.15, 0.2) is 23.1 Å². The highest BCUT2D eigenvalue weighted by Gasteiger charge is 2.23. The summed E-state index contributed by atoms with van der Waals surface area (Å²) in [7, 11) is 0. The van der Waals surface area contributed by atoms with E-state index in [-0.39, 0.29) is 11.4 Å². The molecule has 0 bridgehead atoms. The van der Waals surface area contributed by atoms with Gasteiger partial charge in [-0.05, 0) is 37.5 Å².